The number of carbonyl (C=O) groups excluding carboxylic acids is 1. The number of nitrogens with one attached hydrogen (secondary N) is 1. The second kappa shape index (κ2) is 6.80. The van der Waals surface area contributed by atoms with Crippen LogP contribution in [0.25, 0.3) is 0 Å². The maximum atomic E-state index is 14.2. The molecule has 26 heavy (non-hydrogen) atoms. The van der Waals surface area contributed by atoms with Gasteiger partial charge in [-0.25, -0.2) is 8.78 Å². The van der Waals surface area contributed by atoms with Crippen molar-refractivity contribution < 1.29 is 13.6 Å². The molecule has 0 aromatic heterocycles. The van der Waals surface area contributed by atoms with Crippen molar-refractivity contribution in [3.8, 4) is 0 Å². The van der Waals surface area contributed by atoms with Gasteiger partial charge in [0.1, 0.15) is 5.54 Å². The first-order valence-electron chi connectivity index (χ1n) is 9.13. The van der Waals surface area contributed by atoms with Crippen LogP contribution in [0.3, 0.4) is 0 Å². The van der Waals surface area contributed by atoms with Gasteiger partial charge >= 0.3 is 0 Å². The van der Waals surface area contributed by atoms with Crippen LogP contribution in [0.5, 0.6) is 0 Å². The van der Waals surface area contributed by atoms with E-state index in [4.69, 9.17) is 0 Å². The summed E-state index contributed by atoms with van der Waals surface area (Å²) < 4.78 is 27.9. The lowest BCUT2D eigenvalue weighted by molar-refractivity contribution is -0.136. The molecule has 0 saturated carbocycles. The van der Waals surface area contributed by atoms with E-state index in [-0.39, 0.29) is 12.5 Å². The van der Waals surface area contributed by atoms with Crippen LogP contribution in [0.1, 0.15) is 36.0 Å². The van der Waals surface area contributed by atoms with E-state index in [9.17, 15) is 13.6 Å². The number of amides is 1. The lowest BCUT2D eigenvalue weighted by Crippen LogP contribution is -2.61. The fourth-order valence-corrected chi connectivity index (χ4v) is 4.29. The van der Waals surface area contributed by atoms with Crippen LogP contribution in [0.4, 0.5) is 8.78 Å². The van der Waals surface area contributed by atoms with Gasteiger partial charge in [0.25, 0.3) is 0 Å². The average Bonchev–Trinajstić information content (AvgIpc) is 2.79. The molecular weight excluding hydrogens is 334 g/mol. The number of carbonyl (C=O) groups is 1. The van der Waals surface area contributed by atoms with Gasteiger partial charge in [-0.3, -0.25) is 9.69 Å². The molecule has 0 radical (unpaired) electrons. The summed E-state index contributed by atoms with van der Waals surface area (Å²) in [6.45, 7) is 1.45. The second-order valence-electron chi connectivity index (χ2n) is 7.25. The van der Waals surface area contributed by atoms with E-state index in [1.165, 1.54) is 6.07 Å². The summed E-state index contributed by atoms with van der Waals surface area (Å²) in [5.41, 5.74) is 1.87. The predicted octanol–water partition coefficient (Wildman–Crippen LogP) is 3.56. The molecular formula is C21H22F2N2O. The number of benzene rings is 2. The van der Waals surface area contributed by atoms with Crippen LogP contribution in [0.2, 0.25) is 0 Å². The van der Waals surface area contributed by atoms with Crippen LogP contribution in [0, 0.1) is 11.6 Å². The van der Waals surface area contributed by atoms with Gasteiger partial charge in [0.05, 0.1) is 0 Å². The normalized spacial score (nSPS) is 23.4. The van der Waals surface area contributed by atoms with Crippen molar-refractivity contribution in [2.45, 2.75) is 44.3 Å². The van der Waals surface area contributed by atoms with Crippen molar-refractivity contribution in [2.24, 2.45) is 0 Å². The maximum absolute atomic E-state index is 14.2. The Morgan fingerprint density at radius 1 is 1.04 bits per heavy atom. The molecule has 136 valence electrons. The Bertz CT molecular complexity index is 839. The van der Waals surface area contributed by atoms with Crippen LogP contribution in [-0.4, -0.2) is 22.9 Å². The van der Waals surface area contributed by atoms with E-state index in [0.29, 0.717) is 25.1 Å². The molecule has 1 N–H and O–H groups in total. The number of hydrogen-bond acceptors (Lipinski definition) is 2. The molecule has 2 heterocycles. The molecule has 1 atom stereocenters. The number of fused-ring (bicyclic) bond motifs is 1. The van der Waals surface area contributed by atoms with Gasteiger partial charge < -0.3 is 5.32 Å². The van der Waals surface area contributed by atoms with Gasteiger partial charge in [-0.1, -0.05) is 36.4 Å². The first-order chi connectivity index (χ1) is 12.6. The van der Waals surface area contributed by atoms with Gasteiger partial charge in [-0.2, -0.15) is 0 Å². The standard InChI is InChI=1S/C21H22F2N2O/c22-18-9-5-8-17(19(18)23)14-25-11-4-3-10-21(25)12-15-6-1-2-7-16(15)13-24-20(21)26/h1-2,5-9H,3-4,10-14H2,(H,24,26). The topological polar surface area (TPSA) is 32.3 Å². The Morgan fingerprint density at radius 3 is 2.69 bits per heavy atom. The quantitative estimate of drug-likeness (QED) is 0.892. The van der Waals surface area contributed by atoms with Crippen molar-refractivity contribution in [2.75, 3.05) is 6.54 Å². The van der Waals surface area contributed by atoms with E-state index in [1.54, 1.807) is 6.07 Å². The highest BCUT2D eigenvalue weighted by Gasteiger charge is 2.46. The number of rotatable bonds is 2. The molecule has 2 aliphatic heterocycles. The molecule has 1 unspecified atom stereocenters. The number of piperidine rings is 1. The van der Waals surface area contributed by atoms with Gasteiger partial charge in [0.2, 0.25) is 5.91 Å². The zero-order valence-electron chi connectivity index (χ0n) is 14.6. The van der Waals surface area contributed by atoms with E-state index < -0.39 is 17.2 Å². The lowest BCUT2D eigenvalue weighted by Gasteiger charge is -2.45. The van der Waals surface area contributed by atoms with Crippen molar-refractivity contribution in [3.63, 3.8) is 0 Å². The molecule has 1 spiro atoms. The van der Waals surface area contributed by atoms with Crippen molar-refractivity contribution in [3.05, 3.63) is 70.8 Å². The summed E-state index contributed by atoms with van der Waals surface area (Å²) in [5.74, 6) is -1.67. The van der Waals surface area contributed by atoms with Gasteiger partial charge in [0, 0.05) is 25.1 Å². The van der Waals surface area contributed by atoms with Crippen molar-refractivity contribution >= 4 is 5.91 Å². The minimum atomic E-state index is -0.843. The lowest BCUT2D eigenvalue weighted by atomic mass is 9.80. The van der Waals surface area contributed by atoms with Crippen LogP contribution in [-0.2, 0) is 24.3 Å². The summed E-state index contributed by atoms with van der Waals surface area (Å²) >= 11 is 0. The minimum Gasteiger partial charge on any atom is -0.350 e. The smallest absolute Gasteiger partial charge is 0.241 e. The Morgan fingerprint density at radius 2 is 1.85 bits per heavy atom. The number of nitrogens with zero attached hydrogens (tertiary/aromatic N) is 1. The molecule has 4 rings (SSSR count). The first kappa shape index (κ1) is 17.2. The predicted molar refractivity (Wildman–Crippen MR) is 95.3 cm³/mol. The Hall–Kier alpha value is -2.27. The summed E-state index contributed by atoms with van der Waals surface area (Å²) in [5, 5.41) is 3.05. The highest BCUT2D eigenvalue weighted by molar-refractivity contribution is 5.87. The van der Waals surface area contributed by atoms with Gasteiger partial charge in [-0.15, -0.1) is 0 Å². The molecule has 5 heteroatoms. The molecule has 2 aromatic carbocycles. The fraction of sp³-hybridized carbons (Fsp3) is 0.381. The largest absolute Gasteiger partial charge is 0.350 e. The van der Waals surface area contributed by atoms with E-state index in [2.05, 4.69) is 11.4 Å². The molecule has 2 aromatic rings. The average molecular weight is 356 g/mol. The molecule has 1 fully saturated rings. The minimum absolute atomic E-state index is 0.00906. The summed E-state index contributed by atoms with van der Waals surface area (Å²) in [7, 11) is 0. The third kappa shape index (κ3) is 2.90. The zero-order valence-corrected chi connectivity index (χ0v) is 14.6. The molecule has 1 amide bonds. The first-order valence-corrected chi connectivity index (χ1v) is 9.13. The molecule has 3 nitrogen and oxygen atoms in total. The van der Waals surface area contributed by atoms with Crippen LogP contribution >= 0.6 is 0 Å². The van der Waals surface area contributed by atoms with Gasteiger partial charge in [-0.05, 0) is 43.0 Å². The Balaban J connectivity index is 1.71. The Labute approximate surface area is 152 Å². The summed E-state index contributed by atoms with van der Waals surface area (Å²) in [6.07, 6.45) is 3.24. The molecule has 2 aliphatic rings. The molecule has 0 aliphatic carbocycles. The number of hydrogen-bond donors (Lipinski definition) is 1. The fourth-order valence-electron chi connectivity index (χ4n) is 4.29. The summed E-state index contributed by atoms with van der Waals surface area (Å²) in [6, 6.07) is 12.3. The number of halogens is 2. The highest BCUT2D eigenvalue weighted by atomic mass is 19.2. The third-order valence-electron chi connectivity index (χ3n) is 5.73. The monoisotopic (exact) mass is 356 g/mol. The zero-order chi connectivity index (χ0) is 18.1. The molecule has 1 saturated heterocycles. The Kier molecular flexibility index (Phi) is 4.49. The maximum Gasteiger partial charge on any atom is 0.241 e. The van der Waals surface area contributed by atoms with E-state index in [0.717, 1.165) is 36.5 Å². The van der Waals surface area contributed by atoms with Crippen molar-refractivity contribution in [1.82, 2.24) is 10.2 Å². The number of likely N-dealkylation sites (tertiary alicyclic amines) is 1. The van der Waals surface area contributed by atoms with E-state index >= 15 is 0 Å². The third-order valence-corrected chi connectivity index (χ3v) is 5.73. The second-order valence-corrected chi connectivity index (χ2v) is 7.25. The summed E-state index contributed by atoms with van der Waals surface area (Å²) in [4.78, 5) is 15.1. The van der Waals surface area contributed by atoms with Crippen LogP contribution < -0.4 is 5.32 Å². The highest BCUT2D eigenvalue weighted by Crippen LogP contribution is 2.36. The molecule has 0 bridgehead atoms. The van der Waals surface area contributed by atoms with E-state index in [1.807, 2.05) is 23.1 Å². The van der Waals surface area contributed by atoms with Crippen molar-refractivity contribution in [1.29, 1.82) is 0 Å². The van der Waals surface area contributed by atoms with Crippen LogP contribution in [0.15, 0.2) is 42.5 Å². The van der Waals surface area contributed by atoms with Gasteiger partial charge in [0.15, 0.2) is 11.6 Å². The SMILES string of the molecule is O=C1NCc2ccccc2CC12CCCCN2Cc1cccc(F)c1F.